The number of likely N-dealkylation sites (tertiary alicyclic amines) is 1. The summed E-state index contributed by atoms with van der Waals surface area (Å²) in [5.74, 6) is 0.991. The van der Waals surface area contributed by atoms with Gasteiger partial charge in [-0.3, -0.25) is 4.79 Å². The molecule has 2 unspecified atom stereocenters. The number of likely N-dealkylation sites (N-methyl/N-ethyl adjacent to an activating group) is 1. The van der Waals surface area contributed by atoms with Crippen molar-refractivity contribution in [1.29, 1.82) is 0 Å². The van der Waals surface area contributed by atoms with E-state index in [1.54, 1.807) is 0 Å². The molecule has 0 radical (unpaired) electrons. The molecule has 2 atom stereocenters. The fraction of sp³-hybridized carbons (Fsp3) is 0.667. The fourth-order valence-corrected chi connectivity index (χ4v) is 5.96. The molecule has 202 valence electrons. The number of halogens is 1. The number of rotatable bonds is 3. The average molecular weight is 531 g/mol. The Kier molecular flexibility index (Phi) is 8.66. The van der Waals surface area contributed by atoms with Crippen LogP contribution < -0.4 is 0 Å². The molecular weight excluding hydrogens is 492 g/mol. The summed E-state index contributed by atoms with van der Waals surface area (Å²) < 4.78 is 13.7. The zero-order valence-corrected chi connectivity index (χ0v) is 23.7. The zero-order valence-electron chi connectivity index (χ0n) is 22.9. The normalized spacial score (nSPS) is 23.4. The van der Waals surface area contributed by atoms with Gasteiger partial charge in [0.15, 0.2) is 34.3 Å². The first-order valence-corrected chi connectivity index (χ1v) is 14.1. The molecule has 0 N–H and O–H groups in total. The van der Waals surface area contributed by atoms with Crippen molar-refractivity contribution in [3.8, 4) is 11.5 Å². The second-order valence-corrected chi connectivity index (χ2v) is 9.83. The number of hydrogen-bond donors (Lipinski definition) is 0. The van der Waals surface area contributed by atoms with Gasteiger partial charge < -0.3 is 14.2 Å². The highest BCUT2D eigenvalue weighted by Crippen LogP contribution is 2.44. The number of aryl methyl sites for hydroxylation is 1. The summed E-state index contributed by atoms with van der Waals surface area (Å²) in [6, 6.07) is 0.416. The van der Waals surface area contributed by atoms with Crippen molar-refractivity contribution in [1.82, 2.24) is 29.8 Å². The van der Waals surface area contributed by atoms with Gasteiger partial charge in [0.2, 0.25) is 0 Å². The number of ether oxygens (including phenoxy) is 1. The lowest BCUT2D eigenvalue weighted by molar-refractivity contribution is -0.157. The van der Waals surface area contributed by atoms with Gasteiger partial charge in [0.25, 0.3) is 0 Å². The summed E-state index contributed by atoms with van der Waals surface area (Å²) in [5, 5.41) is 10.2. The van der Waals surface area contributed by atoms with Crippen molar-refractivity contribution < 1.29 is 14.1 Å². The number of hydrogen-bond acceptors (Lipinski definition) is 8. The van der Waals surface area contributed by atoms with Crippen LogP contribution in [0.4, 0.5) is 0 Å². The highest BCUT2D eigenvalue weighted by atomic mass is 35.5. The second kappa shape index (κ2) is 11.6. The van der Waals surface area contributed by atoms with Crippen LogP contribution >= 0.6 is 11.6 Å². The number of ketones is 1. The van der Waals surface area contributed by atoms with Gasteiger partial charge >= 0.3 is 0 Å². The molecule has 1 spiro atoms. The van der Waals surface area contributed by atoms with Crippen LogP contribution in [-0.2, 0) is 28.1 Å². The van der Waals surface area contributed by atoms with E-state index in [0.717, 1.165) is 49.0 Å². The molecule has 0 aromatic carbocycles. The van der Waals surface area contributed by atoms with Gasteiger partial charge in [-0.1, -0.05) is 44.5 Å². The Morgan fingerprint density at radius 3 is 2.59 bits per heavy atom. The first kappa shape index (κ1) is 27.7. The lowest BCUT2D eigenvalue weighted by atomic mass is 9.78. The molecular formula is C27H39ClN6O3. The Morgan fingerprint density at radius 2 is 1.89 bits per heavy atom. The molecule has 2 aliphatic heterocycles. The molecule has 3 aromatic rings. The quantitative estimate of drug-likeness (QED) is 0.409. The molecule has 1 aliphatic carbocycles. The maximum absolute atomic E-state index is 12.9. The summed E-state index contributed by atoms with van der Waals surface area (Å²) in [6.07, 6.45) is 5.84. The molecule has 3 aromatic heterocycles. The van der Waals surface area contributed by atoms with Crippen molar-refractivity contribution in [3.05, 3.63) is 22.2 Å². The van der Waals surface area contributed by atoms with E-state index in [4.69, 9.17) is 30.9 Å². The first-order chi connectivity index (χ1) is 18.0. The predicted molar refractivity (Wildman–Crippen MR) is 144 cm³/mol. The molecule has 2 fully saturated rings. The molecule has 3 aliphatic rings. The highest BCUT2D eigenvalue weighted by molar-refractivity contribution is 6.34. The van der Waals surface area contributed by atoms with Crippen LogP contribution in [0.15, 0.2) is 4.52 Å². The summed E-state index contributed by atoms with van der Waals surface area (Å²) in [5.41, 5.74) is 1.89. The number of nitrogens with zero attached hydrogens (tertiary/aromatic N) is 6. The smallest absolute Gasteiger partial charge is 0.186 e. The van der Waals surface area contributed by atoms with Crippen LogP contribution in [0.1, 0.15) is 83.2 Å². The van der Waals surface area contributed by atoms with E-state index in [1.165, 1.54) is 6.42 Å². The minimum Gasteiger partial charge on any atom is -0.359 e. The minimum absolute atomic E-state index is 0.0705. The molecule has 0 amide bonds. The SMILES string of the molecule is CC.CC.Cc1nn(CC2CCCN2C)c2nc(-c3noc4c3CCOC43CCCCC3=O)nc(Cl)c12. The second-order valence-electron chi connectivity index (χ2n) is 9.48. The van der Waals surface area contributed by atoms with Crippen LogP contribution in [0.2, 0.25) is 5.15 Å². The summed E-state index contributed by atoms with van der Waals surface area (Å²) >= 11 is 6.64. The summed E-state index contributed by atoms with van der Waals surface area (Å²) in [6.45, 7) is 12.2. The van der Waals surface area contributed by atoms with E-state index in [0.29, 0.717) is 60.0 Å². The highest BCUT2D eigenvalue weighted by Gasteiger charge is 2.50. The Hall–Kier alpha value is -2.36. The number of aromatic nitrogens is 5. The van der Waals surface area contributed by atoms with Gasteiger partial charge in [-0.05, 0) is 52.6 Å². The average Bonchev–Trinajstić information content (AvgIpc) is 3.62. The molecule has 1 saturated heterocycles. The monoisotopic (exact) mass is 530 g/mol. The van der Waals surface area contributed by atoms with Crippen molar-refractivity contribution in [2.45, 2.75) is 97.8 Å². The number of fused-ring (bicyclic) bond motifs is 3. The number of carbonyl (C=O) groups is 1. The summed E-state index contributed by atoms with van der Waals surface area (Å²) in [7, 11) is 2.15. The molecule has 0 bridgehead atoms. The van der Waals surface area contributed by atoms with Crippen molar-refractivity contribution in [3.63, 3.8) is 0 Å². The third kappa shape index (κ3) is 4.81. The Labute approximate surface area is 223 Å². The van der Waals surface area contributed by atoms with Gasteiger partial charge in [-0.2, -0.15) is 5.10 Å². The predicted octanol–water partition coefficient (Wildman–Crippen LogP) is 5.50. The van der Waals surface area contributed by atoms with E-state index in [9.17, 15) is 4.79 Å². The fourth-order valence-electron chi connectivity index (χ4n) is 5.66. The molecule has 1 saturated carbocycles. The third-order valence-electron chi connectivity index (χ3n) is 7.48. The third-order valence-corrected chi connectivity index (χ3v) is 7.75. The summed E-state index contributed by atoms with van der Waals surface area (Å²) in [4.78, 5) is 24.7. The van der Waals surface area contributed by atoms with Crippen molar-refractivity contribution in [2.24, 2.45) is 0 Å². The molecule has 9 nitrogen and oxygen atoms in total. The largest absolute Gasteiger partial charge is 0.359 e. The van der Waals surface area contributed by atoms with Gasteiger partial charge in [0.1, 0.15) is 5.15 Å². The maximum atomic E-state index is 12.9. The van der Waals surface area contributed by atoms with Crippen LogP contribution in [0.25, 0.3) is 22.6 Å². The van der Waals surface area contributed by atoms with Gasteiger partial charge in [-0.15, -0.1) is 0 Å². The number of Topliss-reactive ketones (excluding diaryl/α,β-unsaturated/α-hetero) is 1. The van der Waals surface area contributed by atoms with Crippen LogP contribution in [0, 0.1) is 6.92 Å². The minimum atomic E-state index is -1.02. The molecule has 10 heteroatoms. The number of carbonyl (C=O) groups excluding carboxylic acids is 1. The van der Waals surface area contributed by atoms with Crippen LogP contribution in [0.5, 0.6) is 0 Å². The molecule has 37 heavy (non-hydrogen) atoms. The topological polar surface area (TPSA) is 99.2 Å². The van der Waals surface area contributed by atoms with Gasteiger partial charge in [0, 0.05) is 24.4 Å². The van der Waals surface area contributed by atoms with E-state index in [2.05, 4.69) is 22.1 Å². The van der Waals surface area contributed by atoms with Gasteiger partial charge in [0.05, 0.1) is 24.2 Å². The van der Waals surface area contributed by atoms with Crippen LogP contribution in [-0.4, -0.2) is 61.8 Å². The standard InChI is InChI=1S/C23H27ClN6O3.2C2H6/c1-13-17-20(24)25-21(26-22(17)30(27-13)12-14-6-5-10-29(14)2)18-15-8-11-32-23(19(15)33-28-18)9-4-3-7-16(23)31;2*1-2/h14H,3-12H2,1-2H3;2*1-2H3. The lowest BCUT2D eigenvalue weighted by Crippen LogP contribution is -2.44. The lowest BCUT2D eigenvalue weighted by Gasteiger charge is -2.36. The maximum Gasteiger partial charge on any atom is 0.186 e. The van der Waals surface area contributed by atoms with E-state index < -0.39 is 5.60 Å². The van der Waals surface area contributed by atoms with Crippen molar-refractivity contribution in [2.75, 3.05) is 20.2 Å². The molecule has 6 rings (SSSR count). The Balaban J connectivity index is 0.000000765. The van der Waals surface area contributed by atoms with E-state index in [-0.39, 0.29) is 5.78 Å². The Morgan fingerprint density at radius 1 is 1.11 bits per heavy atom. The van der Waals surface area contributed by atoms with Crippen LogP contribution in [0.3, 0.4) is 0 Å². The zero-order chi connectivity index (χ0) is 26.7. The molecule has 5 heterocycles. The van der Waals surface area contributed by atoms with Crippen molar-refractivity contribution >= 4 is 28.4 Å². The first-order valence-electron chi connectivity index (χ1n) is 13.8. The van der Waals surface area contributed by atoms with Gasteiger partial charge in [-0.25, -0.2) is 14.6 Å². The Bertz CT molecular complexity index is 1250. The van der Waals surface area contributed by atoms with E-state index in [1.807, 2.05) is 39.3 Å². The van der Waals surface area contributed by atoms with E-state index >= 15 is 0 Å².